The second kappa shape index (κ2) is 4.75. The van der Waals surface area contributed by atoms with E-state index in [4.69, 9.17) is 19.4 Å². The fourth-order valence-electron chi connectivity index (χ4n) is 1.50. The van der Waals surface area contributed by atoms with Crippen molar-refractivity contribution in [1.82, 2.24) is 0 Å². The number of rotatable bonds is 2. The number of hydrogen-bond donors (Lipinski definition) is 0. The summed E-state index contributed by atoms with van der Waals surface area (Å²) in [5.74, 6) is 1.38. The summed E-state index contributed by atoms with van der Waals surface area (Å²) in [6, 6.07) is 0. The molecule has 0 radical (unpaired) electrons. The third kappa shape index (κ3) is 3.36. The Balaban J connectivity index is 2.41. The fraction of sp³-hybridized carbons (Fsp3) is 0.625. The first-order valence-electron chi connectivity index (χ1n) is 3.68. The molecule has 1 aliphatic carbocycles. The number of halogens is 2. The molecule has 0 aliphatic heterocycles. The van der Waals surface area contributed by atoms with Gasteiger partial charge in [-0.15, -0.1) is 0 Å². The second-order valence-electron chi connectivity index (χ2n) is 2.89. The van der Waals surface area contributed by atoms with Gasteiger partial charge in [-0.2, -0.15) is 0 Å². The van der Waals surface area contributed by atoms with Gasteiger partial charge in [-0.05, 0) is 0 Å². The van der Waals surface area contributed by atoms with Crippen LogP contribution in [0.5, 0.6) is 0 Å². The quantitative estimate of drug-likeness (QED) is 0.537. The minimum absolute atomic E-state index is 0.673. The molecule has 1 rings (SSSR count). The Morgan fingerprint density at radius 3 is 2.36 bits per heavy atom. The molecule has 1 fully saturated rings. The van der Waals surface area contributed by atoms with Gasteiger partial charge in [-0.1, -0.05) is 0 Å². The van der Waals surface area contributed by atoms with Crippen molar-refractivity contribution in [3.63, 3.8) is 0 Å². The van der Waals surface area contributed by atoms with Crippen LogP contribution in [0.1, 0.15) is 19.3 Å². The van der Waals surface area contributed by atoms with E-state index in [1.54, 1.807) is 0 Å². The third-order valence-corrected chi connectivity index (χ3v) is 4.41. The predicted molar refractivity (Wildman–Crippen MR) is 48.8 cm³/mol. The van der Waals surface area contributed by atoms with Crippen LogP contribution in [0.4, 0.5) is 0 Å². The van der Waals surface area contributed by atoms with Crippen LogP contribution in [0.15, 0.2) is 12.7 Å². The van der Waals surface area contributed by atoms with Gasteiger partial charge < -0.3 is 0 Å². The van der Waals surface area contributed by atoms with Crippen LogP contribution in [0, 0.1) is 11.8 Å². The van der Waals surface area contributed by atoms with E-state index in [1.165, 1.54) is 19.3 Å². The van der Waals surface area contributed by atoms with Crippen molar-refractivity contribution in [1.29, 1.82) is 0 Å². The SMILES string of the molecule is C=CC1CCC([CH]=[Ru]([Cl])[Cl])C1. The molecule has 11 heavy (non-hydrogen) atoms. The maximum atomic E-state index is 5.78. The van der Waals surface area contributed by atoms with Gasteiger partial charge in [-0.3, -0.25) is 0 Å². The van der Waals surface area contributed by atoms with Crippen LogP contribution in [-0.2, 0) is 13.5 Å². The Morgan fingerprint density at radius 1 is 1.27 bits per heavy atom. The van der Waals surface area contributed by atoms with Crippen molar-refractivity contribution in [2.24, 2.45) is 11.8 Å². The van der Waals surface area contributed by atoms with Crippen LogP contribution < -0.4 is 0 Å². The molecule has 2 atom stereocenters. The summed E-state index contributed by atoms with van der Waals surface area (Å²) in [4.78, 5) is 0. The topological polar surface area (TPSA) is 0 Å². The van der Waals surface area contributed by atoms with Gasteiger partial charge in [0.2, 0.25) is 0 Å². The van der Waals surface area contributed by atoms with E-state index in [0.29, 0.717) is 11.8 Å². The summed E-state index contributed by atoms with van der Waals surface area (Å²) in [6.45, 7) is 3.79. The van der Waals surface area contributed by atoms with Gasteiger partial charge >= 0.3 is 81.3 Å². The number of hydrogen-bond acceptors (Lipinski definition) is 0. The van der Waals surface area contributed by atoms with Crippen LogP contribution >= 0.6 is 19.4 Å². The first kappa shape index (κ1) is 9.90. The molecule has 0 aromatic heterocycles. The molecule has 0 aromatic carbocycles. The monoisotopic (exact) mass is 280 g/mol. The minimum atomic E-state index is -1.51. The van der Waals surface area contributed by atoms with E-state index in [2.05, 4.69) is 11.2 Å². The first-order chi connectivity index (χ1) is 5.22. The summed E-state index contributed by atoms with van der Waals surface area (Å²) in [5, 5.41) is 0. The zero-order valence-corrected chi connectivity index (χ0v) is 9.50. The van der Waals surface area contributed by atoms with E-state index in [9.17, 15) is 0 Å². The molecule has 3 heteroatoms. The molecule has 66 valence electrons. The Morgan fingerprint density at radius 2 is 1.91 bits per heavy atom. The van der Waals surface area contributed by atoms with Crippen LogP contribution in [0.3, 0.4) is 0 Å². The Hall–Kier alpha value is 0.813. The van der Waals surface area contributed by atoms with E-state index < -0.39 is 13.5 Å². The van der Waals surface area contributed by atoms with Crippen molar-refractivity contribution >= 4 is 24.0 Å². The molecule has 0 heterocycles. The molecule has 1 aliphatic rings. The molecule has 0 bridgehead atoms. The standard InChI is InChI=1S/C8H12.2ClH.Ru/c1-3-8-5-4-7(2)6-8;;;/h2-3,7-8H,1,4-6H2;2*1H;/q;;;+2/p-2. The molecule has 0 nitrogen and oxygen atoms in total. The van der Waals surface area contributed by atoms with Gasteiger partial charge in [0, 0.05) is 0 Å². The summed E-state index contributed by atoms with van der Waals surface area (Å²) >= 11 is -1.51. The summed E-state index contributed by atoms with van der Waals surface area (Å²) in [7, 11) is 11.6. The van der Waals surface area contributed by atoms with E-state index in [-0.39, 0.29) is 0 Å². The predicted octanol–water partition coefficient (Wildman–Crippen LogP) is 3.32. The summed E-state index contributed by atoms with van der Waals surface area (Å²) < 4.78 is 2.16. The van der Waals surface area contributed by atoms with E-state index in [1.807, 2.05) is 6.08 Å². The molecule has 0 spiro atoms. The molecular weight excluding hydrogens is 268 g/mol. The Bertz CT molecular complexity index is 173. The second-order valence-corrected chi connectivity index (χ2v) is 8.69. The maximum absolute atomic E-state index is 5.78. The average molecular weight is 280 g/mol. The van der Waals surface area contributed by atoms with Gasteiger partial charge in [0.05, 0.1) is 0 Å². The van der Waals surface area contributed by atoms with Gasteiger partial charge in [0.15, 0.2) is 0 Å². The zero-order valence-electron chi connectivity index (χ0n) is 6.25. The summed E-state index contributed by atoms with van der Waals surface area (Å²) in [6.07, 6.45) is 5.78. The number of allylic oxidation sites excluding steroid dienone is 1. The van der Waals surface area contributed by atoms with Crippen molar-refractivity contribution < 1.29 is 13.5 Å². The van der Waals surface area contributed by atoms with Crippen molar-refractivity contribution in [3.05, 3.63) is 12.7 Å². The molecule has 0 amide bonds. The normalized spacial score (nSPS) is 31.6. The Kier molecular flexibility index (Phi) is 4.27. The molecule has 0 aromatic rings. The summed E-state index contributed by atoms with van der Waals surface area (Å²) in [5.41, 5.74) is 0. The van der Waals surface area contributed by atoms with Gasteiger partial charge in [0.1, 0.15) is 0 Å². The van der Waals surface area contributed by atoms with Crippen LogP contribution in [0.25, 0.3) is 0 Å². The van der Waals surface area contributed by atoms with E-state index in [0.717, 1.165) is 0 Å². The fourth-order valence-corrected chi connectivity index (χ4v) is 4.14. The Labute approximate surface area is 81.1 Å². The zero-order chi connectivity index (χ0) is 8.27. The molecular formula is C8H12Cl2Ru. The van der Waals surface area contributed by atoms with Crippen molar-refractivity contribution in [2.75, 3.05) is 0 Å². The van der Waals surface area contributed by atoms with Gasteiger partial charge in [-0.25, -0.2) is 0 Å². The van der Waals surface area contributed by atoms with Gasteiger partial charge in [0.25, 0.3) is 0 Å². The van der Waals surface area contributed by atoms with Crippen LogP contribution in [-0.4, -0.2) is 4.61 Å². The average Bonchev–Trinajstić information content (AvgIpc) is 2.34. The molecule has 0 N–H and O–H groups in total. The molecule has 1 saturated carbocycles. The molecule has 0 saturated heterocycles. The van der Waals surface area contributed by atoms with Crippen molar-refractivity contribution in [2.45, 2.75) is 19.3 Å². The molecule has 2 unspecified atom stereocenters. The van der Waals surface area contributed by atoms with E-state index >= 15 is 0 Å². The van der Waals surface area contributed by atoms with Crippen LogP contribution in [0.2, 0.25) is 0 Å². The van der Waals surface area contributed by atoms with Crippen molar-refractivity contribution in [3.8, 4) is 0 Å². The first-order valence-corrected chi connectivity index (χ1v) is 9.16. The third-order valence-electron chi connectivity index (χ3n) is 2.10.